The Hall–Kier alpha value is -1.56. The molecule has 1 aliphatic heterocycles. The highest BCUT2D eigenvalue weighted by Gasteiger charge is 2.91. The summed E-state index contributed by atoms with van der Waals surface area (Å²) in [6, 6.07) is 0. The first-order valence-electron chi connectivity index (χ1n) is 13.5. The predicted octanol–water partition coefficient (Wildman–Crippen LogP) is 5.49. The van der Waals surface area contributed by atoms with Crippen molar-refractivity contribution in [1.29, 1.82) is 0 Å². The van der Waals surface area contributed by atoms with Crippen molar-refractivity contribution < 1.29 is 24.5 Å². The van der Waals surface area contributed by atoms with Crippen LogP contribution in [0.3, 0.4) is 0 Å². The van der Waals surface area contributed by atoms with Gasteiger partial charge >= 0.3 is 0 Å². The third-order valence-corrected chi connectivity index (χ3v) is 11.5. The van der Waals surface area contributed by atoms with Crippen molar-refractivity contribution in [3.63, 3.8) is 0 Å². The molecule has 1 heterocycles. The lowest BCUT2D eigenvalue weighted by Gasteiger charge is -2.76. The summed E-state index contributed by atoms with van der Waals surface area (Å²) in [7, 11) is 0. The number of allylic oxidation sites excluding steroid dienone is 5. The van der Waals surface area contributed by atoms with Crippen molar-refractivity contribution in [3.05, 3.63) is 36.0 Å². The fraction of sp³-hybridized carbons (Fsp3) is 0.733. The molecule has 1 N–H and O–H groups in total. The molecule has 0 aromatic rings. The van der Waals surface area contributed by atoms with Crippen LogP contribution in [0.4, 0.5) is 0 Å². The molecule has 0 radical (unpaired) electrons. The van der Waals surface area contributed by atoms with Gasteiger partial charge in [-0.1, -0.05) is 63.6 Å². The molecule has 7 atom stereocenters. The molecule has 0 amide bonds. The van der Waals surface area contributed by atoms with E-state index >= 15 is 4.79 Å². The van der Waals surface area contributed by atoms with Gasteiger partial charge in [-0.3, -0.25) is 9.59 Å². The van der Waals surface area contributed by atoms with Gasteiger partial charge in [0.1, 0.15) is 11.0 Å². The van der Waals surface area contributed by atoms with Gasteiger partial charge in [-0.15, -0.1) is 0 Å². The molecule has 6 aliphatic carbocycles. The first kappa shape index (κ1) is 23.8. The van der Waals surface area contributed by atoms with Crippen LogP contribution in [0.1, 0.15) is 80.1 Å². The molecule has 7 rings (SSSR count). The molecule has 6 bridgehead atoms. The number of carbonyl (C=O) groups is 2. The smallest absolute Gasteiger partial charge is 0.272 e. The molecule has 5 heteroatoms. The lowest BCUT2D eigenvalue weighted by atomic mass is 9.27. The molecule has 0 aromatic heterocycles. The van der Waals surface area contributed by atoms with Crippen LogP contribution >= 0.6 is 0 Å². The number of ketones is 2. The van der Waals surface area contributed by atoms with Crippen LogP contribution in [0, 0.1) is 45.3 Å². The standard InChI is InChI=1S/C30H40O5/c1-8-18-14-21-22-26(6,7)34-35-30(33)24(32)28(21)16-19-10-9-12-25(4,5)20(19)11-13-27(28,15-18)23(31)29(22,30)17(2)3/h8,10,14,17,20-22,33H,1,9,11-13,15-16H2,2-7H3/t20-,21?,22?,27+,28-,29-,30+/m1/s1. The van der Waals surface area contributed by atoms with E-state index in [0.29, 0.717) is 25.2 Å². The third-order valence-electron chi connectivity index (χ3n) is 11.5. The number of aliphatic hydroxyl groups is 1. The van der Waals surface area contributed by atoms with Gasteiger partial charge in [-0.2, -0.15) is 4.89 Å². The maximum atomic E-state index is 15.2. The van der Waals surface area contributed by atoms with Crippen LogP contribution < -0.4 is 0 Å². The summed E-state index contributed by atoms with van der Waals surface area (Å²) in [6.07, 6.45) is 11.1. The van der Waals surface area contributed by atoms with Crippen molar-refractivity contribution in [2.24, 2.45) is 45.3 Å². The van der Waals surface area contributed by atoms with Crippen LogP contribution in [0.25, 0.3) is 0 Å². The molecular formula is C30H40O5. The molecule has 5 nitrogen and oxygen atoms in total. The van der Waals surface area contributed by atoms with Crippen LogP contribution in [-0.2, 0) is 19.4 Å². The Labute approximate surface area is 208 Å². The summed E-state index contributed by atoms with van der Waals surface area (Å²) in [6.45, 7) is 16.5. The lowest BCUT2D eigenvalue weighted by molar-refractivity contribution is -0.529. The number of fused-ring (bicyclic) bond motifs is 1. The average Bonchev–Trinajstić information content (AvgIpc) is 2.94. The number of hydrogen-bond donors (Lipinski definition) is 1. The first-order valence-corrected chi connectivity index (χ1v) is 13.5. The van der Waals surface area contributed by atoms with Crippen LogP contribution in [0.5, 0.6) is 0 Å². The third kappa shape index (κ3) is 2.30. The topological polar surface area (TPSA) is 72.8 Å². The predicted molar refractivity (Wildman–Crippen MR) is 132 cm³/mol. The second kappa shape index (κ2) is 6.65. The van der Waals surface area contributed by atoms with Gasteiger partial charge in [0.25, 0.3) is 5.79 Å². The maximum absolute atomic E-state index is 15.2. The molecule has 0 aromatic carbocycles. The monoisotopic (exact) mass is 480 g/mol. The van der Waals surface area contributed by atoms with E-state index in [4.69, 9.17) is 9.78 Å². The normalized spacial score (nSPS) is 49.0. The van der Waals surface area contributed by atoms with Gasteiger partial charge in [0, 0.05) is 11.3 Å². The summed E-state index contributed by atoms with van der Waals surface area (Å²) in [5.74, 6) is -3.19. The Balaban J connectivity index is 1.72. The highest BCUT2D eigenvalue weighted by atomic mass is 17.2. The van der Waals surface area contributed by atoms with E-state index in [2.05, 4.69) is 32.6 Å². The highest BCUT2D eigenvalue weighted by molar-refractivity contribution is 6.12. The fourth-order valence-corrected chi connectivity index (χ4v) is 10.1. The summed E-state index contributed by atoms with van der Waals surface area (Å²) in [5.41, 5.74) is -1.69. The van der Waals surface area contributed by atoms with E-state index in [1.807, 2.05) is 33.8 Å². The number of hydrogen-bond acceptors (Lipinski definition) is 5. The van der Waals surface area contributed by atoms with Crippen molar-refractivity contribution in [2.45, 2.75) is 91.5 Å². The van der Waals surface area contributed by atoms with Crippen molar-refractivity contribution in [3.8, 4) is 0 Å². The fourth-order valence-electron chi connectivity index (χ4n) is 10.1. The van der Waals surface area contributed by atoms with Crippen molar-refractivity contribution in [2.75, 3.05) is 0 Å². The SMILES string of the molecule is C=CC1=CC2C3C(C)(C)OO[C@@]4(O)C(=O)[C@@]25CC2=CCCC(C)(C)[C@@H]2CC[C@]5(C1)C(=O)[C@@]34C(C)C. The minimum Gasteiger partial charge on any atom is -0.357 e. The number of carbonyl (C=O) groups excluding carboxylic acids is 2. The van der Waals surface area contributed by atoms with Crippen LogP contribution in [0.2, 0.25) is 0 Å². The van der Waals surface area contributed by atoms with Crippen molar-refractivity contribution in [1.82, 2.24) is 0 Å². The molecule has 1 spiro atoms. The Kier molecular flexibility index (Phi) is 4.53. The van der Waals surface area contributed by atoms with Gasteiger partial charge in [0.2, 0.25) is 5.78 Å². The molecule has 7 aliphatic rings. The Morgan fingerprint density at radius 1 is 1.09 bits per heavy atom. The minimum absolute atomic E-state index is 0.0178. The zero-order valence-corrected chi connectivity index (χ0v) is 22.1. The van der Waals surface area contributed by atoms with Crippen molar-refractivity contribution >= 4 is 11.6 Å². The zero-order chi connectivity index (χ0) is 25.4. The van der Waals surface area contributed by atoms with Gasteiger partial charge in [0.05, 0.1) is 5.41 Å². The zero-order valence-electron chi connectivity index (χ0n) is 22.1. The van der Waals surface area contributed by atoms with E-state index in [-0.39, 0.29) is 28.8 Å². The van der Waals surface area contributed by atoms with Gasteiger partial charge in [-0.25, -0.2) is 4.89 Å². The van der Waals surface area contributed by atoms with Gasteiger partial charge in [0.15, 0.2) is 5.78 Å². The minimum atomic E-state index is -2.28. The quantitative estimate of drug-likeness (QED) is 0.418. The Morgan fingerprint density at radius 3 is 2.46 bits per heavy atom. The second-order valence-electron chi connectivity index (χ2n) is 13.8. The lowest BCUT2D eigenvalue weighted by Crippen LogP contribution is -2.89. The summed E-state index contributed by atoms with van der Waals surface area (Å²) >= 11 is 0. The van der Waals surface area contributed by atoms with Gasteiger partial charge in [-0.05, 0) is 75.5 Å². The summed E-state index contributed by atoms with van der Waals surface area (Å²) in [5, 5.41) is 12.2. The van der Waals surface area contributed by atoms with Crippen LogP contribution in [-0.4, -0.2) is 28.1 Å². The second-order valence-corrected chi connectivity index (χ2v) is 13.8. The van der Waals surface area contributed by atoms with E-state index < -0.39 is 33.6 Å². The maximum Gasteiger partial charge on any atom is 0.272 e. The van der Waals surface area contributed by atoms with Crippen LogP contribution in [0.15, 0.2) is 36.0 Å². The molecule has 4 saturated carbocycles. The summed E-state index contributed by atoms with van der Waals surface area (Å²) in [4.78, 5) is 41.6. The molecule has 1 saturated heterocycles. The first-order chi connectivity index (χ1) is 16.3. The molecular weight excluding hydrogens is 440 g/mol. The Bertz CT molecular complexity index is 1110. The van der Waals surface area contributed by atoms with Gasteiger partial charge < -0.3 is 5.11 Å². The molecule has 5 fully saturated rings. The number of Topliss-reactive ketones (excluding diaryl/α,β-unsaturated/α-hetero) is 2. The molecule has 35 heavy (non-hydrogen) atoms. The summed E-state index contributed by atoms with van der Waals surface area (Å²) < 4.78 is 0. The van der Waals surface area contributed by atoms with E-state index in [1.165, 1.54) is 5.57 Å². The number of rotatable bonds is 2. The van der Waals surface area contributed by atoms with E-state index in [9.17, 15) is 9.90 Å². The van der Waals surface area contributed by atoms with E-state index in [1.54, 1.807) is 0 Å². The molecule has 190 valence electrons. The molecule has 2 unspecified atom stereocenters. The highest BCUT2D eigenvalue weighted by Crippen LogP contribution is 2.81. The van der Waals surface area contributed by atoms with E-state index in [0.717, 1.165) is 24.8 Å². The largest absolute Gasteiger partial charge is 0.357 e. The average molecular weight is 481 g/mol. The Morgan fingerprint density at radius 2 is 1.80 bits per heavy atom.